The molecule has 0 aliphatic carbocycles. The molecule has 5 heteroatoms. The number of fused-ring (bicyclic) bond motifs is 1. The summed E-state index contributed by atoms with van der Waals surface area (Å²) in [6.07, 6.45) is 0. The summed E-state index contributed by atoms with van der Waals surface area (Å²) in [7, 11) is 0. The molecule has 1 aromatic heterocycles. The lowest BCUT2D eigenvalue weighted by Crippen LogP contribution is -2.03. The van der Waals surface area contributed by atoms with Crippen molar-refractivity contribution in [1.29, 1.82) is 0 Å². The van der Waals surface area contributed by atoms with Gasteiger partial charge in [0.05, 0.1) is 17.0 Å². The fourth-order valence-corrected chi connectivity index (χ4v) is 3.80. The summed E-state index contributed by atoms with van der Waals surface area (Å²) in [5, 5.41) is 1.62. The molecule has 27 heavy (non-hydrogen) atoms. The highest BCUT2D eigenvalue weighted by molar-refractivity contribution is 9.10. The maximum absolute atomic E-state index is 12.5. The van der Waals surface area contributed by atoms with Crippen molar-refractivity contribution in [2.24, 2.45) is 0 Å². The Hall–Kier alpha value is -2.50. The highest BCUT2D eigenvalue weighted by atomic mass is 79.9. The lowest BCUT2D eigenvalue weighted by molar-refractivity contribution is 0.102. The van der Waals surface area contributed by atoms with Gasteiger partial charge in [-0.05, 0) is 18.2 Å². The predicted octanol–water partition coefficient (Wildman–Crippen LogP) is 6.03. The van der Waals surface area contributed by atoms with Crippen LogP contribution < -0.4 is 0 Å². The van der Waals surface area contributed by atoms with Crippen LogP contribution in [0.3, 0.4) is 0 Å². The second-order valence-electron chi connectivity index (χ2n) is 5.96. The van der Waals surface area contributed by atoms with Gasteiger partial charge in [0.2, 0.25) is 0 Å². The maximum Gasteiger partial charge on any atom is 0.189 e. The molecule has 0 N–H and O–H groups in total. The monoisotopic (exact) mass is 434 g/mol. The van der Waals surface area contributed by atoms with Gasteiger partial charge in [0.1, 0.15) is 0 Å². The fourth-order valence-electron chi connectivity index (χ4n) is 2.79. The minimum atomic E-state index is 0.0607. The first-order valence-corrected chi connectivity index (χ1v) is 10.2. The Bertz CT molecular complexity index is 1100. The summed E-state index contributed by atoms with van der Waals surface area (Å²) in [6, 6.07) is 25.4. The van der Waals surface area contributed by atoms with E-state index in [1.807, 2.05) is 78.9 Å². The third kappa shape index (κ3) is 4.10. The van der Waals surface area contributed by atoms with Crippen molar-refractivity contribution >= 4 is 44.4 Å². The second kappa shape index (κ2) is 8.03. The van der Waals surface area contributed by atoms with E-state index in [-0.39, 0.29) is 5.78 Å². The topological polar surface area (TPSA) is 42.9 Å². The smallest absolute Gasteiger partial charge is 0.189 e. The number of rotatable bonds is 5. The number of carbonyl (C=O) groups is 1. The van der Waals surface area contributed by atoms with E-state index in [1.165, 1.54) is 11.8 Å². The van der Waals surface area contributed by atoms with Crippen molar-refractivity contribution in [3.8, 4) is 11.3 Å². The molecular formula is C22H15BrN2OS. The van der Waals surface area contributed by atoms with Gasteiger partial charge in [0.25, 0.3) is 0 Å². The summed E-state index contributed by atoms with van der Waals surface area (Å²) in [4.78, 5) is 21.8. The quantitative estimate of drug-likeness (QED) is 0.218. The minimum Gasteiger partial charge on any atom is -0.293 e. The van der Waals surface area contributed by atoms with Crippen LogP contribution in [0.15, 0.2) is 88.5 Å². The summed E-state index contributed by atoms with van der Waals surface area (Å²) in [5.41, 5.74) is 3.50. The molecule has 0 atom stereocenters. The molecule has 4 rings (SSSR count). The first-order valence-electron chi connectivity index (χ1n) is 8.44. The molecule has 0 spiro atoms. The summed E-state index contributed by atoms with van der Waals surface area (Å²) < 4.78 is 0.956. The highest BCUT2D eigenvalue weighted by Crippen LogP contribution is 2.28. The number of thioether (sulfide) groups is 1. The van der Waals surface area contributed by atoms with Gasteiger partial charge in [-0.1, -0.05) is 88.4 Å². The van der Waals surface area contributed by atoms with Crippen LogP contribution in [0.4, 0.5) is 0 Å². The summed E-state index contributed by atoms with van der Waals surface area (Å²) in [5.74, 6) is 0.360. The first kappa shape index (κ1) is 17.9. The average Bonchev–Trinajstić information content (AvgIpc) is 2.72. The van der Waals surface area contributed by atoms with Crippen LogP contribution in [-0.4, -0.2) is 21.5 Å². The van der Waals surface area contributed by atoms with Crippen molar-refractivity contribution in [2.75, 3.05) is 5.75 Å². The van der Waals surface area contributed by atoms with E-state index in [9.17, 15) is 4.79 Å². The number of ketones is 1. The molecule has 0 amide bonds. The molecule has 0 aliphatic rings. The van der Waals surface area contributed by atoms with Gasteiger partial charge in [-0.2, -0.15) is 0 Å². The zero-order valence-corrected chi connectivity index (χ0v) is 16.7. The second-order valence-corrected chi connectivity index (χ2v) is 7.81. The highest BCUT2D eigenvalue weighted by Gasteiger charge is 2.12. The number of carbonyl (C=O) groups excluding carboxylic acids is 1. The van der Waals surface area contributed by atoms with Crippen molar-refractivity contribution < 1.29 is 4.79 Å². The SMILES string of the molecule is O=C(CSc1nc(-c2ccccc2)c2ccccc2n1)c1ccc(Br)cc1. The van der Waals surface area contributed by atoms with Gasteiger partial charge in [0.15, 0.2) is 10.9 Å². The first-order chi connectivity index (χ1) is 13.2. The van der Waals surface area contributed by atoms with Gasteiger partial charge in [-0.15, -0.1) is 0 Å². The molecule has 0 unspecified atom stereocenters. The Labute approximate surface area is 170 Å². The van der Waals surface area contributed by atoms with E-state index >= 15 is 0 Å². The van der Waals surface area contributed by atoms with E-state index in [2.05, 4.69) is 20.9 Å². The third-order valence-corrected chi connectivity index (χ3v) is 5.50. The summed E-state index contributed by atoms with van der Waals surface area (Å²) in [6.45, 7) is 0. The Morgan fingerprint density at radius 2 is 1.56 bits per heavy atom. The largest absolute Gasteiger partial charge is 0.293 e. The molecule has 4 aromatic rings. The van der Waals surface area contributed by atoms with Crippen molar-refractivity contribution in [1.82, 2.24) is 9.97 Å². The van der Waals surface area contributed by atoms with Crippen molar-refractivity contribution in [3.05, 3.63) is 88.9 Å². The van der Waals surface area contributed by atoms with E-state index in [0.717, 1.165) is 26.6 Å². The number of nitrogens with zero attached hydrogens (tertiary/aromatic N) is 2. The van der Waals surface area contributed by atoms with Crippen LogP contribution in [0.1, 0.15) is 10.4 Å². The number of aromatic nitrogens is 2. The van der Waals surface area contributed by atoms with Crippen molar-refractivity contribution in [2.45, 2.75) is 5.16 Å². The molecular weight excluding hydrogens is 420 g/mol. The Kier molecular flexibility index (Phi) is 5.32. The van der Waals surface area contributed by atoms with E-state index in [0.29, 0.717) is 16.5 Å². The third-order valence-electron chi connectivity index (χ3n) is 4.13. The molecule has 0 aliphatic heterocycles. The average molecular weight is 435 g/mol. The minimum absolute atomic E-state index is 0.0607. The molecule has 0 saturated heterocycles. The van der Waals surface area contributed by atoms with Gasteiger partial charge in [-0.3, -0.25) is 4.79 Å². The lowest BCUT2D eigenvalue weighted by atomic mass is 10.1. The maximum atomic E-state index is 12.5. The lowest BCUT2D eigenvalue weighted by Gasteiger charge is -2.08. The van der Waals surface area contributed by atoms with Crippen LogP contribution in [0.2, 0.25) is 0 Å². The number of Topliss-reactive ketones (excluding diaryl/α,β-unsaturated/α-hetero) is 1. The number of hydrogen-bond acceptors (Lipinski definition) is 4. The van der Waals surface area contributed by atoms with Gasteiger partial charge >= 0.3 is 0 Å². The molecule has 0 radical (unpaired) electrons. The number of para-hydroxylation sites is 1. The predicted molar refractivity (Wildman–Crippen MR) is 114 cm³/mol. The molecule has 3 aromatic carbocycles. The van der Waals surface area contributed by atoms with E-state index in [4.69, 9.17) is 4.98 Å². The molecule has 132 valence electrons. The van der Waals surface area contributed by atoms with Crippen molar-refractivity contribution in [3.63, 3.8) is 0 Å². The van der Waals surface area contributed by atoms with Crippen LogP contribution in [0.25, 0.3) is 22.2 Å². The van der Waals surface area contributed by atoms with E-state index < -0.39 is 0 Å². The molecule has 3 nitrogen and oxygen atoms in total. The van der Waals surface area contributed by atoms with Crippen LogP contribution in [0.5, 0.6) is 0 Å². The van der Waals surface area contributed by atoms with Crippen LogP contribution >= 0.6 is 27.7 Å². The van der Waals surface area contributed by atoms with Gasteiger partial charge < -0.3 is 0 Å². The summed E-state index contributed by atoms with van der Waals surface area (Å²) >= 11 is 4.75. The Balaban J connectivity index is 1.64. The zero-order chi connectivity index (χ0) is 18.6. The molecule has 0 bridgehead atoms. The number of hydrogen-bond donors (Lipinski definition) is 0. The molecule has 0 fully saturated rings. The van der Waals surface area contributed by atoms with E-state index in [1.54, 1.807) is 0 Å². The number of benzene rings is 3. The normalized spacial score (nSPS) is 10.9. The Morgan fingerprint density at radius 1 is 0.852 bits per heavy atom. The van der Waals surface area contributed by atoms with Gasteiger partial charge in [0, 0.05) is 21.0 Å². The molecule has 1 heterocycles. The van der Waals surface area contributed by atoms with Crippen LogP contribution in [0, 0.1) is 0 Å². The zero-order valence-electron chi connectivity index (χ0n) is 14.3. The Morgan fingerprint density at radius 3 is 2.33 bits per heavy atom. The fraction of sp³-hybridized carbons (Fsp3) is 0.0455. The van der Waals surface area contributed by atoms with Gasteiger partial charge in [-0.25, -0.2) is 9.97 Å². The number of halogens is 1. The van der Waals surface area contributed by atoms with Crippen LogP contribution in [-0.2, 0) is 0 Å². The standard InChI is InChI=1S/C22H15BrN2OS/c23-17-12-10-15(11-13-17)20(26)14-27-22-24-19-9-5-4-8-18(19)21(25-22)16-6-2-1-3-7-16/h1-13H,14H2. The molecule has 0 saturated carbocycles.